The van der Waals surface area contributed by atoms with Gasteiger partial charge in [0.1, 0.15) is 0 Å². The lowest BCUT2D eigenvalue weighted by molar-refractivity contribution is 0.359. The second kappa shape index (κ2) is 6.66. The quantitative estimate of drug-likeness (QED) is 0.741. The minimum atomic E-state index is 0.434. The summed E-state index contributed by atoms with van der Waals surface area (Å²) in [6.07, 6.45) is 0. The normalized spacial score (nSPS) is 13.3. The Hall–Kier alpha value is -0.870. The SMILES string of the molecule is Cc1cc(CNC(C)CNCC(C)C)on1. The summed E-state index contributed by atoms with van der Waals surface area (Å²) in [7, 11) is 0. The highest BCUT2D eigenvalue weighted by Gasteiger charge is 2.04. The van der Waals surface area contributed by atoms with Gasteiger partial charge in [0.2, 0.25) is 0 Å². The Morgan fingerprint density at radius 1 is 1.31 bits per heavy atom. The van der Waals surface area contributed by atoms with Crippen LogP contribution in [0.25, 0.3) is 0 Å². The molecule has 16 heavy (non-hydrogen) atoms. The number of hydrogen-bond donors (Lipinski definition) is 2. The highest BCUT2D eigenvalue weighted by molar-refractivity contribution is 5.02. The molecule has 1 rings (SSSR count). The Balaban J connectivity index is 2.12. The molecule has 1 unspecified atom stereocenters. The topological polar surface area (TPSA) is 50.1 Å². The second-order valence-corrected chi connectivity index (χ2v) is 4.77. The number of hydrogen-bond acceptors (Lipinski definition) is 4. The molecular weight excluding hydrogens is 202 g/mol. The fraction of sp³-hybridized carbons (Fsp3) is 0.750. The van der Waals surface area contributed by atoms with Crippen LogP contribution in [-0.4, -0.2) is 24.3 Å². The van der Waals surface area contributed by atoms with Gasteiger partial charge in [0.05, 0.1) is 12.2 Å². The maximum atomic E-state index is 5.12. The fourth-order valence-electron chi connectivity index (χ4n) is 1.44. The molecule has 1 aromatic rings. The Bertz CT molecular complexity index is 296. The molecular formula is C12H23N3O. The largest absolute Gasteiger partial charge is 0.360 e. The summed E-state index contributed by atoms with van der Waals surface area (Å²) in [6, 6.07) is 2.39. The third-order valence-electron chi connectivity index (χ3n) is 2.30. The van der Waals surface area contributed by atoms with Crippen molar-refractivity contribution < 1.29 is 4.52 Å². The maximum absolute atomic E-state index is 5.12. The van der Waals surface area contributed by atoms with E-state index in [0.717, 1.165) is 31.1 Å². The Morgan fingerprint density at radius 3 is 2.62 bits per heavy atom. The van der Waals surface area contributed by atoms with E-state index in [1.807, 2.05) is 13.0 Å². The molecule has 92 valence electrons. The molecule has 0 saturated carbocycles. The van der Waals surface area contributed by atoms with Crippen molar-refractivity contribution in [2.24, 2.45) is 5.92 Å². The fourth-order valence-corrected chi connectivity index (χ4v) is 1.44. The second-order valence-electron chi connectivity index (χ2n) is 4.77. The van der Waals surface area contributed by atoms with E-state index in [-0.39, 0.29) is 0 Å². The molecule has 1 atom stereocenters. The average Bonchev–Trinajstić information content (AvgIpc) is 2.61. The Morgan fingerprint density at radius 2 is 2.06 bits per heavy atom. The number of nitrogens with zero attached hydrogens (tertiary/aromatic N) is 1. The first-order chi connectivity index (χ1) is 7.58. The highest BCUT2D eigenvalue weighted by Crippen LogP contribution is 2.01. The third kappa shape index (κ3) is 5.28. The summed E-state index contributed by atoms with van der Waals surface area (Å²) >= 11 is 0. The summed E-state index contributed by atoms with van der Waals surface area (Å²) < 4.78 is 5.12. The van der Waals surface area contributed by atoms with Gasteiger partial charge in [-0.05, 0) is 26.3 Å². The van der Waals surface area contributed by atoms with Crippen molar-refractivity contribution >= 4 is 0 Å². The molecule has 0 saturated heterocycles. The number of aryl methyl sites for hydroxylation is 1. The van der Waals surface area contributed by atoms with Crippen molar-refractivity contribution in [1.29, 1.82) is 0 Å². The van der Waals surface area contributed by atoms with E-state index in [1.54, 1.807) is 0 Å². The maximum Gasteiger partial charge on any atom is 0.150 e. The first kappa shape index (κ1) is 13.2. The molecule has 0 fully saturated rings. The van der Waals surface area contributed by atoms with Crippen molar-refractivity contribution in [1.82, 2.24) is 15.8 Å². The van der Waals surface area contributed by atoms with Gasteiger partial charge in [-0.3, -0.25) is 0 Å². The first-order valence-electron chi connectivity index (χ1n) is 5.94. The van der Waals surface area contributed by atoms with E-state index in [4.69, 9.17) is 4.52 Å². The molecule has 0 aliphatic rings. The van der Waals surface area contributed by atoms with Crippen LogP contribution in [0, 0.1) is 12.8 Å². The van der Waals surface area contributed by atoms with Crippen LogP contribution in [0.4, 0.5) is 0 Å². The van der Waals surface area contributed by atoms with E-state index < -0.39 is 0 Å². The molecule has 0 amide bonds. The predicted molar refractivity (Wildman–Crippen MR) is 65.2 cm³/mol. The van der Waals surface area contributed by atoms with Gasteiger partial charge in [-0.2, -0.15) is 0 Å². The van der Waals surface area contributed by atoms with Crippen LogP contribution in [0.2, 0.25) is 0 Å². The Labute approximate surface area is 97.8 Å². The lowest BCUT2D eigenvalue weighted by Crippen LogP contribution is -2.37. The third-order valence-corrected chi connectivity index (χ3v) is 2.30. The summed E-state index contributed by atoms with van der Waals surface area (Å²) in [5, 5.41) is 10.7. The predicted octanol–water partition coefficient (Wildman–Crippen LogP) is 1.71. The summed E-state index contributed by atoms with van der Waals surface area (Å²) in [5.41, 5.74) is 0.933. The smallest absolute Gasteiger partial charge is 0.150 e. The highest BCUT2D eigenvalue weighted by atomic mass is 16.5. The molecule has 4 nitrogen and oxygen atoms in total. The van der Waals surface area contributed by atoms with Gasteiger partial charge in [-0.15, -0.1) is 0 Å². The zero-order chi connectivity index (χ0) is 12.0. The standard InChI is InChI=1S/C12H23N3O/c1-9(2)6-13-7-11(4)14-8-12-5-10(3)15-16-12/h5,9,11,13-14H,6-8H2,1-4H3. The van der Waals surface area contributed by atoms with Gasteiger partial charge in [-0.1, -0.05) is 19.0 Å². The van der Waals surface area contributed by atoms with E-state index in [2.05, 4.69) is 36.6 Å². The zero-order valence-corrected chi connectivity index (χ0v) is 10.7. The van der Waals surface area contributed by atoms with Crippen LogP contribution < -0.4 is 10.6 Å². The molecule has 0 spiro atoms. The van der Waals surface area contributed by atoms with Crippen molar-refractivity contribution in [2.75, 3.05) is 13.1 Å². The van der Waals surface area contributed by atoms with E-state index in [9.17, 15) is 0 Å². The lowest BCUT2D eigenvalue weighted by Gasteiger charge is -2.14. The minimum absolute atomic E-state index is 0.434. The van der Waals surface area contributed by atoms with Crippen LogP contribution in [0.3, 0.4) is 0 Å². The van der Waals surface area contributed by atoms with Gasteiger partial charge in [-0.25, -0.2) is 0 Å². The Kier molecular flexibility index (Phi) is 5.49. The van der Waals surface area contributed by atoms with Crippen molar-refractivity contribution in [3.8, 4) is 0 Å². The van der Waals surface area contributed by atoms with Crippen molar-refractivity contribution in [3.63, 3.8) is 0 Å². The van der Waals surface area contributed by atoms with Gasteiger partial charge < -0.3 is 15.2 Å². The summed E-state index contributed by atoms with van der Waals surface area (Å²) in [5.74, 6) is 1.59. The van der Waals surface area contributed by atoms with Crippen LogP contribution in [0.1, 0.15) is 32.2 Å². The van der Waals surface area contributed by atoms with Crippen LogP contribution >= 0.6 is 0 Å². The molecule has 4 heteroatoms. The molecule has 1 heterocycles. The van der Waals surface area contributed by atoms with E-state index in [1.165, 1.54) is 0 Å². The molecule has 2 N–H and O–H groups in total. The van der Waals surface area contributed by atoms with Crippen LogP contribution in [-0.2, 0) is 6.54 Å². The number of aromatic nitrogens is 1. The first-order valence-corrected chi connectivity index (χ1v) is 5.94. The summed E-state index contributed by atoms with van der Waals surface area (Å²) in [4.78, 5) is 0. The zero-order valence-electron chi connectivity index (χ0n) is 10.7. The van der Waals surface area contributed by atoms with Crippen LogP contribution in [0.15, 0.2) is 10.6 Å². The molecule has 0 bridgehead atoms. The van der Waals surface area contributed by atoms with Gasteiger partial charge >= 0.3 is 0 Å². The molecule has 1 aromatic heterocycles. The van der Waals surface area contributed by atoms with E-state index >= 15 is 0 Å². The molecule has 0 aromatic carbocycles. The van der Waals surface area contributed by atoms with E-state index in [0.29, 0.717) is 12.0 Å². The van der Waals surface area contributed by atoms with Crippen molar-refractivity contribution in [3.05, 3.63) is 17.5 Å². The summed E-state index contributed by atoms with van der Waals surface area (Å²) in [6.45, 7) is 11.3. The van der Waals surface area contributed by atoms with Gasteiger partial charge in [0.15, 0.2) is 5.76 Å². The molecule has 0 radical (unpaired) electrons. The average molecular weight is 225 g/mol. The molecule has 0 aliphatic carbocycles. The lowest BCUT2D eigenvalue weighted by atomic mass is 10.2. The molecule has 0 aliphatic heterocycles. The van der Waals surface area contributed by atoms with Crippen molar-refractivity contribution in [2.45, 2.75) is 40.3 Å². The number of nitrogens with one attached hydrogen (secondary N) is 2. The van der Waals surface area contributed by atoms with Gasteiger partial charge in [0.25, 0.3) is 0 Å². The monoisotopic (exact) mass is 225 g/mol. The number of rotatable bonds is 7. The van der Waals surface area contributed by atoms with Gasteiger partial charge in [0, 0.05) is 18.7 Å². The minimum Gasteiger partial charge on any atom is -0.360 e. The van der Waals surface area contributed by atoms with Crippen LogP contribution in [0.5, 0.6) is 0 Å².